The Hall–Kier alpha value is -2.89. The van der Waals surface area contributed by atoms with Gasteiger partial charge in [-0.25, -0.2) is 0 Å². The standard InChI is InChI=1S/C17H17N3O3/c18-17(21)13-7-8-14(16(10-13)20(22)23)11-19-9-3-5-12-4-1-2-6-15(12)19/h1-2,4,6-8,10H,3,5,9,11H2,(H2,18,21). The molecule has 0 aromatic heterocycles. The summed E-state index contributed by atoms with van der Waals surface area (Å²) in [6.45, 7) is 1.29. The van der Waals surface area contributed by atoms with E-state index in [1.165, 1.54) is 11.6 Å². The van der Waals surface area contributed by atoms with E-state index >= 15 is 0 Å². The Morgan fingerprint density at radius 1 is 1.26 bits per heavy atom. The molecule has 1 aliphatic rings. The molecule has 2 N–H and O–H groups in total. The molecule has 2 aromatic carbocycles. The van der Waals surface area contributed by atoms with Crippen LogP contribution in [0.2, 0.25) is 0 Å². The summed E-state index contributed by atoms with van der Waals surface area (Å²) < 4.78 is 0. The Morgan fingerprint density at radius 2 is 2.04 bits per heavy atom. The van der Waals surface area contributed by atoms with E-state index in [0.29, 0.717) is 12.1 Å². The molecule has 1 amide bonds. The molecule has 0 bridgehead atoms. The first-order chi connectivity index (χ1) is 11.1. The van der Waals surface area contributed by atoms with E-state index in [2.05, 4.69) is 11.0 Å². The number of benzene rings is 2. The minimum Gasteiger partial charge on any atom is -0.367 e. The van der Waals surface area contributed by atoms with Crippen molar-refractivity contribution in [3.05, 3.63) is 69.3 Å². The van der Waals surface area contributed by atoms with E-state index in [9.17, 15) is 14.9 Å². The Labute approximate surface area is 133 Å². The highest BCUT2D eigenvalue weighted by molar-refractivity contribution is 5.93. The van der Waals surface area contributed by atoms with Gasteiger partial charge in [0.05, 0.1) is 4.92 Å². The molecule has 0 saturated carbocycles. The Balaban J connectivity index is 1.95. The van der Waals surface area contributed by atoms with Crippen LogP contribution in [0.1, 0.15) is 27.9 Å². The van der Waals surface area contributed by atoms with Crippen molar-refractivity contribution in [2.24, 2.45) is 5.73 Å². The molecule has 0 radical (unpaired) electrons. The van der Waals surface area contributed by atoms with Crippen molar-refractivity contribution < 1.29 is 9.72 Å². The molecule has 0 spiro atoms. The Kier molecular flexibility index (Phi) is 3.97. The van der Waals surface area contributed by atoms with Gasteiger partial charge in [0.15, 0.2) is 0 Å². The molecular weight excluding hydrogens is 294 g/mol. The molecule has 0 saturated heterocycles. The largest absolute Gasteiger partial charge is 0.367 e. The number of anilines is 1. The SMILES string of the molecule is NC(=O)c1ccc(CN2CCCc3ccccc32)c([N+](=O)[O-])c1. The molecule has 1 heterocycles. The van der Waals surface area contributed by atoms with E-state index in [1.807, 2.05) is 18.2 Å². The number of nitro groups is 1. The lowest BCUT2D eigenvalue weighted by atomic mass is 10.0. The average molecular weight is 311 g/mol. The number of carbonyl (C=O) groups excluding carboxylic acids is 1. The Morgan fingerprint density at radius 3 is 2.78 bits per heavy atom. The van der Waals surface area contributed by atoms with Gasteiger partial charge in [0, 0.05) is 36.0 Å². The number of hydrogen-bond acceptors (Lipinski definition) is 4. The summed E-state index contributed by atoms with van der Waals surface area (Å²) in [5.74, 6) is -0.664. The lowest BCUT2D eigenvalue weighted by Crippen LogP contribution is -2.29. The van der Waals surface area contributed by atoms with Crippen LogP contribution >= 0.6 is 0 Å². The molecule has 0 fully saturated rings. The van der Waals surface area contributed by atoms with Crippen LogP contribution in [0.5, 0.6) is 0 Å². The zero-order valence-electron chi connectivity index (χ0n) is 12.6. The van der Waals surface area contributed by atoms with E-state index in [0.717, 1.165) is 25.1 Å². The normalized spacial score (nSPS) is 13.5. The van der Waals surface area contributed by atoms with E-state index in [4.69, 9.17) is 5.73 Å². The summed E-state index contributed by atoms with van der Waals surface area (Å²) in [7, 11) is 0. The average Bonchev–Trinajstić information content (AvgIpc) is 2.55. The first-order valence-corrected chi connectivity index (χ1v) is 7.46. The second-order valence-corrected chi connectivity index (χ2v) is 5.62. The monoisotopic (exact) mass is 311 g/mol. The van der Waals surface area contributed by atoms with Gasteiger partial charge in [-0.3, -0.25) is 14.9 Å². The van der Waals surface area contributed by atoms with Crippen molar-refractivity contribution in [2.75, 3.05) is 11.4 Å². The second kappa shape index (κ2) is 6.08. The van der Waals surface area contributed by atoms with E-state index < -0.39 is 10.8 Å². The van der Waals surface area contributed by atoms with Crippen LogP contribution in [0, 0.1) is 10.1 Å². The van der Waals surface area contributed by atoms with Crippen molar-refractivity contribution in [3.8, 4) is 0 Å². The summed E-state index contributed by atoms with van der Waals surface area (Å²) in [6, 6.07) is 12.5. The lowest BCUT2D eigenvalue weighted by molar-refractivity contribution is -0.385. The molecule has 2 aromatic rings. The van der Waals surface area contributed by atoms with Gasteiger partial charge < -0.3 is 10.6 Å². The third kappa shape index (κ3) is 3.01. The van der Waals surface area contributed by atoms with Crippen molar-refractivity contribution in [1.29, 1.82) is 0 Å². The molecule has 6 heteroatoms. The van der Waals surface area contributed by atoms with Crippen molar-refractivity contribution >= 4 is 17.3 Å². The van der Waals surface area contributed by atoms with Crippen molar-refractivity contribution in [3.63, 3.8) is 0 Å². The maximum atomic E-state index is 11.3. The molecule has 118 valence electrons. The fraction of sp³-hybridized carbons (Fsp3) is 0.235. The van der Waals surface area contributed by atoms with Crippen LogP contribution in [0.15, 0.2) is 42.5 Å². The molecule has 3 rings (SSSR count). The molecule has 0 atom stereocenters. The minimum absolute atomic E-state index is 0.0654. The summed E-state index contributed by atoms with van der Waals surface area (Å²) >= 11 is 0. The van der Waals surface area contributed by atoms with Crippen molar-refractivity contribution in [2.45, 2.75) is 19.4 Å². The fourth-order valence-electron chi connectivity index (χ4n) is 3.00. The van der Waals surface area contributed by atoms with Gasteiger partial charge in [0.2, 0.25) is 5.91 Å². The number of nitrogens with two attached hydrogens (primary N) is 1. The summed E-state index contributed by atoms with van der Waals surface area (Å²) in [5.41, 5.74) is 8.25. The maximum absolute atomic E-state index is 11.3. The highest BCUT2D eigenvalue weighted by Gasteiger charge is 2.22. The molecule has 0 aliphatic carbocycles. The fourth-order valence-corrected chi connectivity index (χ4v) is 3.00. The number of para-hydroxylation sites is 1. The number of primary amides is 1. The Bertz CT molecular complexity index is 773. The van der Waals surface area contributed by atoms with Gasteiger partial charge in [-0.15, -0.1) is 0 Å². The van der Waals surface area contributed by atoms with Gasteiger partial charge >= 0.3 is 0 Å². The second-order valence-electron chi connectivity index (χ2n) is 5.62. The van der Waals surface area contributed by atoms with Crippen LogP contribution in [-0.2, 0) is 13.0 Å². The number of hydrogen-bond donors (Lipinski definition) is 1. The molecule has 0 unspecified atom stereocenters. The topological polar surface area (TPSA) is 89.5 Å². The summed E-state index contributed by atoms with van der Waals surface area (Å²) in [4.78, 5) is 24.2. The highest BCUT2D eigenvalue weighted by Crippen LogP contribution is 2.30. The number of fused-ring (bicyclic) bond motifs is 1. The number of rotatable bonds is 4. The minimum atomic E-state index is -0.664. The highest BCUT2D eigenvalue weighted by atomic mass is 16.6. The predicted molar refractivity (Wildman–Crippen MR) is 87.4 cm³/mol. The van der Waals surface area contributed by atoms with E-state index in [1.54, 1.807) is 12.1 Å². The molecule has 6 nitrogen and oxygen atoms in total. The van der Waals surface area contributed by atoms with Gasteiger partial charge in [-0.2, -0.15) is 0 Å². The zero-order chi connectivity index (χ0) is 16.4. The predicted octanol–water partition coefficient (Wildman–Crippen LogP) is 2.65. The first-order valence-electron chi connectivity index (χ1n) is 7.46. The van der Waals surface area contributed by atoms with Gasteiger partial charge in [0.25, 0.3) is 5.69 Å². The first kappa shape index (κ1) is 15.0. The zero-order valence-corrected chi connectivity index (χ0v) is 12.6. The third-order valence-electron chi connectivity index (χ3n) is 4.13. The maximum Gasteiger partial charge on any atom is 0.275 e. The number of amides is 1. The van der Waals surface area contributed by atoms with Gasteiger partial charge in [0.1, 0.15) is 0 Å². The lowest BCUT2D eigenvalue weighted by Gasteiger charge is -2.31. The number of aryl methyl sites for hydroxylation is 1. The number of nitrogens with zero attached hydrogens (tertiary/aromatic N) is 2. The third-order valence-corrected chi connectivity index (χ3v) is 4.13. The molecular formula is C17H17N3O3. The smallest absolute Gasteiger partial charge is 0.275 e. The summed E-state index contributed by atoms with van der Waals surface area (Å²) in [5, 5.41) is 11.3. The molecule has 1 aliphatic heterocycles. The summed E-state index contributed by atoms with van der Waals surface area (Å²) in [6.07, 6.45) is 2.04. The van der Waals surface area contributed by atoms with Crippen molar-refractivity contribution in [1.82, 2.24) is 0 Å². The molecule has 23 heavy (non-hydrogen) atoms. The van der Waals surface area contributed by atoms with Crippen LogP contribution < -0.4 is 10.6 Å². The number of nitro benzene ring substituents is 1. The van der Waals surface area contributed by atoms with Crippen LogP contribution in [0.25, 0.3) is 0 Å². The number of carbonyl (C=O) groups is 1. The van der Waals surface area contributed by atoms with Gasteiger partial charge in [-0.05, 0) is 36.6 Å². The van der Waals surface area contributed by atoms with Gasteiger partial charge in [-0.1, -0.05) is 18.2 Å². The van der Waals surface area contributed by atoms with Crippen LogP contribution in [0.3, 0.4) is 0 Å². The van der Waals surface area contributed by atoms with E-state index in [-0.39, 0.29) is 11.3 Å². The quantitative estimate of drug-likeness (QED) is 0.694. The van der Waals surface area contributed by atoms with Crippen LogP contribution in [-0.4, -0.2) is 17.4 Å². The van der Waals surface area contributed by atoms with Crippen LogP contribution in [0.4, 0.5) is 11.4 Å².